The molecule has 0 radical (unpaired) electrons. The molecule has 2 aromatic carbocycles. The molecule has 154 valence electrons. The van der Waals surface area contributed by atoms with Crippen molar-refractivity contribution >= 4 is 35.6 Å². The van der Waals surface area contributed by atoms with Crippen LogP contribution in [0.25, 0.3) is 0 Å². The topological polar surface area (TPSA) is 58.1 Å². The molecule has 2 aromatic rings. The lowest BCUT2D eigenvalue weighted by molar-refractivity contribution is 0.354. The van der Waals surface area contributed by atoms with Gasteiger partial charge in [-0.3, -0.25) is 4.99 Å². The van der Waals surface area contributed by atoms with Gasteiger partial charge in [0.25, 0.3) is 0 Å². The zero-order valence-electron chi connectivity index (χ0n) is 17.3. The maximum absolute atomic E-state index is 5.35. The second-order valence-electron chi connectivity index (χ2n) is 6.35. The van der Waals surface area contributed by atoms with Gasteiger partial charge in [0.2, 0.25) is 0 Å². The van der Waals surface area contributed by atoms with Crippen molar-refractivity contribution < 1.29 is 9.47 Å². The first-order chi connectivity index (χ1) is 13.1. The number of aliphatic imine (C=N–C) groups is 1. The van der Waals surface area contributed by atoms with Crippen LogP contribution in [0.5, 0.6) is 11.5 Å². The van der Waals surface area contributed by atoms with E-state index in [1.54, 1.807) is 21.3 Å². The average Bonchev–Trinajstić information content (AvgIpc) is 2.70. The maximum Gasteiger partial charge on any atom is 0.191 e. The fourth-order valence-corrected chi connectivity index (χ4v) is 2.68. The van der Waals surface area contributed by atoms with Crippen LogP contribution in [0.15, 0.2) is 47.5 Å². The van der Waals surface area contributed by atoms with Crippen LogP contribution in [-0.2, 0) is 13.0 Å². The third-order valence-electron chi connectivity index (χ3n) is 4.29. The van der Waals surface area contributed by atoms with Crippen molar-refractivity contribution in [3.05, 3.63) is 53.6 Å². The molecule has 0 saturated carbocycles. The number of rotatable bonds is 8. The van der Waals surface area contributed by atoms with E-state index in [4.69, 9.17) is 9.47 Å². The molecule has 7 heteroatoms. The molecule has 0 heterocycles. The van der Waals surface area contributed by atoms with E-state index in [0.29, 0.717) is 0 Å². The molecule has 2 N–H and O–H groups in total. The van der Waals surface area contributed by atoms with Crippen LogP contribution in [0.4, 0.5) is 5.69 Å². The van der Waals surface area contributed by atoms with E-state index < -0.39 is 0 Å². The van der Waals surface area contributed by atoms with E-state index in [1.807, 2.05) is 32.3 Å². The van der Waals surface area contributed by atoms with Crippen LogP contribution in [0.1, 0.15) is 11.1 Å². The minimum Gasteiger partial charge on any atom is -0.493 e. The fraction of sp³-hybridized carbons (Fsp3) is 0.381. The summed E-state index contributed by atoms with van der Waals surface area (Å²) in [5, 5.41) is 6.68. The highest BCUT2D eigenvalue weighted by atomic mass is 127. The number of ether oxygens (including phenoxy) is 2. The van der Waals surface area contributed by atoms with Crippen LogP contribution >= 0.6 is 24.0 Å². The van der Waals surface area contributed by atoms with Crippen molar-refractivity contribution in [1.82, 2.24) is 10.6 Å². The zero-order chi connectivity index (χ0) is 19.6. The molecule has 0 aliphatic carbocycles. The van der Waals surface area contributed by atoms with E-state index in [9.17, 15) is 0 Å². The van der Waals surface area contributed by atoms with Crippen molar-refractivity contribution in [3.63, 3.8) is 0 Å². The van der Waals surface area contributed by atoms with Gasteiger partial charge < -0.3 is 25.0 Å². The first-order valence-electron chi connectivity index (χ1n) is 8.99. The largest absolute Gasteiger partial charge is 0.493 e. The maximum atomic E-state index is 5.35. The second kappa shape index (κ2) is 12.3. The summed E-state index contributed by atoms with van der Waals surface area (Å²) in [5.41, 5.74) is 3.58. The minimum absolute atomic E-state index is 0. The van der Waals surface area contributed by atoms with Gasteiger partial charge >= 0.3 is 0 Å². The first kappa shape index (κ1) is 23.9. The Labute approximate surface area is 185 Å². The average molecular weight is 498 g/mol. The Morgan fingerprint density at radius 3 is 2.14 bits per heavy atom. The Bertz CT molecular complexity index is 749. The summed E-state index contributed by atoms with van der Waals surface area (Å²) in [4.78, 5) is 6.37. The number of guanidine groups is 1. The zero-order valence-corrected chi connectivity index (χ0v) is 19.6. The van der Waals surface area contributed by atoms with Gasteiger partial charge in [0.05, 0.1) is 14.2 Å². The molecule has 0 bridgehead atoms. The predicted octanol–water partition coefficient (Wildman–Crippen LogP) is 3.30. The quantitative estimate of drug-likeness (QED) is 0.333. The van der Waals surface area contributed by atoms with Gasteiger partial charge in [-0.05, 0) is 41.8 Å². The van der Waals surface area contributed by atoms with Gasteiger partial charge in [-0.25, -0.2) is 0 Å². The number of halogens is 1. The lowest BCUT2D eigenvalue weighted by Gasteiger charge is -2.15. The van der Waals surface area contributed by atoms with Crippen molar-refractivity contribution in [2.45, 2.75) is 13.0 Å². The summed E-state index contributed by atoms with van der Waals surface area (Å²) in [6.45, 7) is 1.50. The second-order valence-corrected chi connectivity index (χ2v) is 6.35. The Hall–Kier alpha value is -2.16. The molecule has 0 spiro atoms. The number of nitrogens with one attached hydrogen (secondary N) is 2. The highest BCUT2D eigenvalue weighted by Gasteiger charge is 2.05. The molecule has 2 rings (SSSR count). The van der Waals surface area contributed by atoms with Gasteiger partial charge in [0, 0.05) is 39.9 Å². The molecule has 28 heavy (non-hydrogen) atoms. The molecule has 0 atom stereocenters. The van der Waals surface area contributed by atoms with E-state index >= 15 is 0 Å². The van der Waals surface area contributed by atoms with Crippen molar-refractivity contribution in [2.75, 3.05) is 46.8 Å². The van der Waals surface area contributed by atoms with Crippen molar-refractivity contribution in [3.8, 4) is 11.5 Å². The molecule has 0 saturated heterocycles. The van der Waals surface area contributed by atoms with E-state index in [-0.39, 0.29) is 24.0 Å². The summed E-state index contributed by atoms with van der Waals surface area (Å²) < 4.78 is 10.6. The molecule has 0 aromatic heterocycles. The molecular formula is C21H31IN4O2. The summed E-state index contributed by atoms with van der Waals surface area (Å²) in [5.74, 6) is 2.28. The summed E-state index contributed by atoms with van der Waals surface area (Å²) in [7, 11) is 9.15. The summed E-state index contributed by atoms with van der Waals surface area (Å²) in [6, 6.07) is 14.5. The van der Waals surface area contributed by atoms with Crippen molar-refractivity contribution in [1.29, 1.82) is 0 Å². The first-order valence-corrected chi connectivity index (χ1v) is 8.99. The van der Waals surface area contributed by atoms with Crippen LogP contribution in [0.2, 0.25) is 0 Å². The number of benzene rings is 2. The van der Waals surface area contributed by atoms with Gasteiger partial charge in [0.1, 0.15) is 0 Å². The van der Waals surface area contributed by atoms with Crippen LogP contribution in [0.3, 0.4) is 0 Å². The van der Waals surface area contributed by atoms with Gasteiger partial charge in [-0.15, -0.1) is 24.0 Å². The summed E-state index contributed by atoms with van der Waals surface area (Å²) >= 11 is 0. The highest BCUT2D eigenvalue weighted by molar-refractivity contribution is 14.0. The van der Waals surface area contributed by atoms with E-state index in [0.717, 1.165) is 37.0 Å². The van der Waals surface area contributed by atoms with Crippen LogP contribution in [-0.4, -0.2) is 47.9 Å². The minimum atomic E-state index is 0. The number of anilines is 1. The highest BCUT2D eigenvalue weighted by Crippen LogP contribution is 2.27. The van der Waals surface area contributed by atoms with Gasteiger partial charge in [0.15, 0.2) is 17.5 Å². The normalized spacial score (nSPS) is 10.7. The number of hydrogen-bond donors (Lipinski definition) is 2. The molecule has 0 aliphatic heterocycles. The fourth-order valence-electron chi connectivity index (χ4n) is 2.68. The van der Waals surface area contributed by atoms with Crippen LogP contribution < -0.4 is 25.0 Å². The third-order valence-corrected chi connectivity index (χ3v) is 4.29. The molecule has 0 fully saturated rings. The molecule has 0 unspecified atom stereocenters. The number of methoxy groups -OCH3 is 2. The third kappa shape index (κ3) is 7.10. The monoisotopic (exact) mass is 498 g/mol. The van der Waals surface area contributed by atoms with Crippen molar-refractivity contribution in [2.24, 2.45) is 4.99 Å². The molecule has 0 amide bonds. The predicted molar refractivity (Wildman–Crippen MR) is 128 cm³/mol. The standard InChI is InChI=1S/C21H30N4O2.HI/c1-22-21(24-15-17-6-9-18(10-7-17)25(2)3)23-13-12-16-8-11-19(26-4)20(14-16)27-5;/h6-11,14H,12-13,15H2,1-5H3,(H2,22,23,24);1H. The lowest BCUT2D eigenvalue weighted by Crippen LogP contribution is -2.37. The van der Waals surface area contributed by atoms with Crippen LogP contribution in [0, 0.1) is 0 Å². The molecule has 6 nitrogen and oxygen atoms in total. The molecule has 0 aliphatic rings. The lowest BCUT2D eigenvalue weighted by atomic mass is 10.1. The molecular weight excluding hydrogens is 467 g/mol. The Balaban J connectivity index is 0.00000392. The number of nitrogens with zero attached hydrogens (tertiary/aromatic N) is 2. The Morgan fingerprint density at radius 2 is 1.57 bits per heavy atom. The smallest absolute Gasteiger partial charge is 0.191 e. The number of hydrogen-bond acceptors (Lipinski definition) is 4. The van der Waals surface area contributed by atoms with Gasteiger partial charge in [-0.2, -0.15) is 0 Å². The Kier molecular flexibility index (Phi) is 10.5. The SMILES string of the molecule is CN=C(NCCc1ccc(OC)c(OC)c1)NCc1ccc(N(C)C)cc1.I. The van der Waals surface area contributed by atoms with E-state index in [2.05, 4.69) is 44.8 Å². The summed E-state index contributed by atoms with van der Waals surface area (Å²) in [6.07, 6.45) is 0.860. The van der Waals surface area contributed by atoms with E-state index in [1.165, 1.54) is 16.8 Å². The van der Waals surface area contributed by atoms with Gasteiger partial charge in [-0.1, -0.05) is 18.2 Å². The Morgan fingerprint density at radius 1 is 0.929 bits per heavy atom.